The summed E-state index contributed by atoms with van der Waals surface area (Å²) in [4.78, 5) is 26.1. The third-order valence-electron chi connectivity index (χ3n) is 4.16. The zero-order valence-electron chi connectivity index (χ0n) is 12.9. The van der Waals surface area contributed by atoms with Crippen molar-refractivity contribution in [1.29, 1.82) is 0 Å². The van der Waals surface area contributed by atoms with Crippen LogP contribution < -0.4 is 16.0 Å². The number of anilines is 2. The highest BCUT2D eigenvalue weighted by atomic mass is 32.1. The minimum atomic E-state index is -0.530. The van der Waals surface area contributed by atoms with E-state index >= 15 is 0 Å². The van der Waals surface area contributed by atoms with Crippen LogP contribution in [-0.4, -0.2) is 24.4 Å². The molecule has 0 saturated heterocycles. The number of primary amides is 1. The summed E-state index contributed by atoms with van der Waals surface area (Å²) in [6.45, 7) is 2.73. The van der Waals surface area contributed by atoms with Gasteiger partial charge in [0.15, 0.2) is 0 Å². The molecular formula is C17H19N3O2S. The molecule has 0 aliphatic carbocycles. The van der Waals surface area contributed by atoms with Crippen LogP contribution in [0.1, 0.15) is 29.3 Å². The molecule has 1 aromatic carbocycles. The number of thiophene rings is 1. The van der Waals surface area contributed by atoms with Crippen molar-refractivity contribution in [2.45, 2.75) is 25.8 Å². The summed E-state index contributed by atoms with van der Waals surface area (Å²) in [6, 6.07) is 9.49. The Morgan fingerprint density at radius 3 is 2.87 bits per heavy atom. The van der Waals surface area contributed by atoms with E-state index < -0.39 is 5.91 Å². The number of nitrogens with two attached hydrogens (primary N) is 1. The summed E-state index contributed by atoms with van der Waals surface area (Å²) in [5.74, 6) is -0.663. The first-order valence-corrected chi connectivity index (χ1v) is 8.48. The molecular weight excluding hydrogens is 310 g/mol. The molecule has 2 aromatic rings. The minimum absolute atomic E-state index is 0.133. The molecule has 2 amide bonds. The van der Waals surface area contributed by atoms with Crippen molar-refractivity contribution in [1.82, 2.24) is 0 Å². The SMILES string of the molecule is CC(C(=O)Nc1sccc1C(N)=O)N1CCCc2ccccc21. The number of hydrogen-bond acceptors (Lipinski definition) is 4. The van der Waals surface area contributed by atoms with Crippen molar-refractivity contribution < 1.29 is 9.59 Å². The van der Waals surface area contributed by atoms with Crippen LogP contribution in [0.2, 0.25) is 0 Å². The molecule has 1 aliphatic rings. The number of rotatable bonds is 4. The molecule has 1 unspecified atom stereocenters. The lowest BCUT2D eigenvalue weighted by molar-refractivity contribution is -0.117. The van der Waals surface area contributed by atoms with Gasteiger partial charge in [0.1, 0.15) is 11.0 Å². The van der Waals surface area contributed by atoms with Crippen LogP contribution in [0.4, 0.5) is 10.7 Å². The van der Waals surface area contributed by atoms with E-state index in [0.29, 0.717) is 10.6 Å². The quantitative estimate of drug-likeness (QED) is 0.905. The van der Waals surface area contributed by atoms with E-state index in [-0.39, 0.29) is 11.9 Å². The summed E-state index contributed by atoms with van der Waals surface area (Å²) < 4.78 is 0. The van der Waals surface area contributed by atoms with Gasteiger partial charge in [-0.15, -0.1) is 11.3 Å². The Hall–Kier alpha value is -2.34. The second-order valence-electron chi connectivity index (χ2n) is 5.62. The zero-order valence-corrected chi connectivity index (χ0v) is 13.7. The number of nitrogens with one attached hydrogen (secondary N) is 1. The van der Waals surface area contributed by atoms with Crippen LogP contribution >= 0.6 is 11.3 Å². The Kier molecular flexibility index (Phi) is 4.34. The summed E-state index contributed by atoms with van der Waals surface area (Å²) in [5, 5.41) is 5.10. The van der Waals surface area contributed by atoms with Crippen molar-refractivity contribution in [2.24, 2.45) is 5.73 Å². The predicted octanol–water partition coefficient (Wildman–Crippen LogP) is 2.63. The molecule has 23 heavy (non-hydrogen) atoms. The molecule has 0 spiro atoms. The van der Waals surface area contributed by atoms with Crippen molar-refractivity contribution in [3.8, 4) is 0 Å². The Morgan fingerprint density at radius 1 is 1.30 bits per heavy atom. The van der Waals surface area contributed by atoms with Gasteiger partial charge in [0.05, 0.1) is 5.56 Å². The number of amides is 2. The predicted molar refractivity (Wildman–Crippen MR) is 93.0 cm³/mol. The molecule has 1 atom stereocenters. The van der Waals surface area contributed by atoms with Crippen molar-refractivity contribution in [3.05, 3.63) is 46.8 Å². The van der Waals surface area contributed by atoms with Gasteiger partial charge in [-0.1, -0.05) is 18.2 Å². The molecule has 6 heteroatoms. The highest BCUT2D eigenvalue weighted by Gasteiger charge is 2.26. The normalized spacial score (nSPS) is 14.9. The fourth-order valence-corrected chi connectivity index (χ4v) is 3.72. The Bertz CT molecular complexity index is 741. The maximum absolute atomic E-state index is 12.6. The van der Waals surface area contributed by atoms with Crippen molar-refractivity contribution in [2.75, 3.05) is 16.8 Å². The van der Waals surface area contributed by atoms with Gasteiger partial charge in [-0.3, -0.25) is 9.59 Å². The fourth-order valence-electron chi connectivity index (χ4n) is 2.92. The average Bonchev–Trinajstić information content (AvgIpc) is 3.02. The molecule has 0 saturated carbocycles. The molecule has 120 valence electrons. The first-order valence-electron chi connectivity index (χ1n) is 7.60. The van der Waals surface area contributed by atoms with E-state index in [2.05, 4.69) is 22.3 Å². The van der Waals surface area contributed by atoms with Crippen LogP contribution in [0, 0.1) is 0 Å². The molecule has 3 N–H and O–H groups in total. The van der Waals surface area contributed by atoms with Crippen molar-refractivity contribution in [3.63, 3.8) is 0 Å². The molecule has 1 aromatic heterocycles. The van der Waals surface area contributed by atoms with Gasteiger partial charge in [-0.05, 0) is 42.8 Å². The van der Waals surface area contributed by atoms with E-state index in [4.69, 9.17) is 5.73 Å². The third-order valence-corrected chi connectivity index (χ3v) is 4.99. The molecule has 2 heterocycles. The van der Waals surface area contributed by atoms with E-state index in [0.717, 1.165) is 25.1 Å². The third kappa shape index (κ3) is 3.07. The number of nitrogens with zero attached hydrogens (tertiary/aromatic N) is 1. The van der Waals surface area contributed by atoms with Crippen LogP contribution in [0.25, 0.3) is 0 Å². The van der Waals surface area contributed by atoms with Crippen LogP contribution in [0.15, 0.2) is 35.7 Å². The smallest absolute Gasteiger partial charge is 0.251 e. The standard InChI is InChI=1S/C17H19N3O2S/c1-11(16(22)19-17-13(15(18)21)8-10-23-17)20-9-4-6-12-5-2-3-7-14(12)20/h2-3,5,7-8,10-11H,4,6,9H2,1H3,(H2,18,21)(H,19,22). The van der Waals surface area contributed by atoms with Gasteiger partial charge in [-0.25, -0.2) is 0 Å². The lowest BCUT2D eigenvalue weighted by Gasteiger charge is -2.35. The zero-order chi connectivity index (χ0) is 16.4. The average molecular weight is 329 g/mol. The highest BCUT2D eigenvalue weighted by molar-refractivity contribution is 7.14. The first-order chi connectivity index (χ1) is 11.1. The number of aryl methyl sites for hydroxylation is 1. The summed E-state index contributed by atoms with van der Waals surface area (Å²) >= 11 is 1.30. The van der Waals surface area contributed by atoms with Gasteiger partial charge in [0, 0.05) is 12.2 Å². The monoisotopic (exact) mass is 329 g/mol. The molecule has 5 nitrogen and oxygen atoms in total. The second kappa shape index (κ2) is 6.42. The largest absolute Gasteiger partial charge is 0.366 e. The lowest BCUT2D eigenvalue weighted by atomic mass is 10.00. The lowest BCUT2D eigenvalue weighted by Crippen LogP contribution is -2.44. The first kappa shape index (κ1) is 15.6. The number of fused-ring (bicyclic) bond motifs is 1. The molecule has 0 fully saturated rings. The van der Waals surface area contributed by atoms with E-state index in [1.54, 1.807) is 11.4 Å². The van der Waals surface area contributed by atoms with Crippen LogP contribution in [-0.2, 0) is 11.2 Å². The van der Waals surface area contributed by atoms with Gasteiger partial charge >= 0.3 is 0 Å². The van der Waals surface area contributed by atoms with Gasteiger partial charge < -0.3 is 16.0 Å². The number of benzene rings is 1. The maximum atomic E-state index is 12.6. The number of carbonyl (C=O) groups is 2. The maximum Gasteiger partial charge on any atom is 0.251 e. The van der Waals surface area contributed by atoms with Gasteiger partial charge in [0.2, 0.25) is 5.91 Å². The van der Waals surface area contributed by atoms with E-state index in [1.165, 1.54) is 16.9 Å². The molecule has 0 bridgehead atoms. The Labute approximate surface area is 139 Å². The summed E-state index contributed by atoms with van der Waals surface area (Å²) in [6.07, 6.45) is 2.07. The second-order valence-corrected chi connectivity index (χ2v) is 6.53. The molecule has 1 aliphatic heterocycles. The number of para-hydroxylation sites is 1. The number of hydrogen-bond donors (Lipinski definition) is 2. The van der Waals surface area contributed by atoms with Crippen LogP contribution in [0.5, 0.6) is 0 Å². The minimum Gasteiger partial charge on any atom is -0.366 e. The molecule has 3 rings (SSSR count). The van der Waals surface area contributed by atoms with E-state index in [1.807, 2.05) is 19.1 Å². The Morgan fingerprint density at radius 2 is 2.09 bits per heavy atom. The van der Waals surface area contributed by atoms with Crippen molar-refractivity contribution >= 4 is 33.8 Å². The van der Waals surface area contributed by atoms with Crippen LogP contribution in [0.3, 0.4) is 0 Å². The summed E-state index contributed by atoms with van der Waals surface area (Å²) in [5.41, 5.74) is 8.06. The summed E-state index contributed by atoms with van der Waals surface area (Å²) in [7, 11) is 0. The molecule has 0 radical (unpaired) electrons. The fraction of sp³-hybridized carbons (Fsp3) is 0.294. The van der Waals surface area contributed by atoms with Gasteiger partial charge in [0.25, 0.3) is 5.91 Å². The topological polar surface area (TPSA) is 75.4 Å². The van der Waals surface area contributed by atoms with Gasteiger partial charge in [-0.2, -0.15) is 0 Å². The number of carbonyl (C=O) groups excluding carboxylic acids is 2. The highest BCUT2D eigenvalue weighted by Crippen LogP contribution is 2.29. The Balaban J connectivity index is 1.78. The van der Waals surface area contributed by atoms with E-state index in [9.17, 15) is 9.59 Å².